The van der Waals surface area contributed by atoms with Crippen LogP contribution in [0.3, 0.4) is 0 Å². The smallest absolute Gasteiger partial charge is 0.340 e. The van der Waals surface area contributed by atoms with Crippen LogP contribution in [0.15, 0.2) is 30.3 Å². The summed E-state index contributed by atoms with van der Waals surface area (Å²) >= 11 is 0. The minimum atomic E-state index is -0.533. The summed E-state index contributed by atoms with van der Waals surface area (Å²) in [5, 5.41) is 0. The van der Waals surface area contributed by atoms with Gasteiger partial charge in [0.1, 0.15) is 0 Å². The predicted molar refractivity (Wildman–Crippen MR) is 75.4 cm³/mol. The van der Waals surface area contributed by atoms with Crippen LogP contribution in [0.25, 0.3) is 0 Å². The van der Waals surface area contributed by atoms with Crippen molar-refractivity contribution in [2.24, 2.45) is 5.92 Å². The molecule has 0 saturated carbocycles. The molecule has 0 amide bonds. The summed E-state index contributed by atoms with van der Waals surface area (Å²) < 4.78 is 16.7. The first-order chi connectivity index (χ1) is 9.66. The van der Waals surface area contributed by atoms with Crippen LogP contribution >= 0.6 is 0 Å². The van der Waals surface area contributed by atoms with E-state index in [1.165, 1.54) is 0 Å². The molecule has 1 saturated heterocycles. The Morgan fingerprint density at radius 1 is 1.30 bits per heavy atom. The van der Waals surface area contributed by atoms with E-state index in [1.807, 2.05) is 32.0 Å². The van der Waals surface area contributed by atoms with Gasteiger partial charge in [0.15, 0.2) is 0 Å². The van der Waals surface area contributed by atoms with Gasteiger partial charge in [0.05, 0.1) is 18.3 Å². The van der Waals surface area contributed by atoms with Crippen molar-refractivity contribution in [1.82, 2.24) is 0 Å². The zero-order valence-corrected chi connectivity index (χ0v) is 12.1. The monoisotopic (exact) mass is 278 g/mol. The molecule has 1 heterocycles. The van der Waals surface area contributed by atoms with E-state index < -0.39 is 6.29 Å². The number of hydrogen-bond acceptors (Lipinski definition) is 4. The van der Waals surface area contributed by atoms with Crippen molar-refractivity contribution < 1.29 is 19.0 Å². The van der Waals surface area contributed by atoms with Gasteiger partial charge in [-0.15, -0.1) is 0 Å². The first-order valence-corrected chi connectivity index (χ1v) is 7.16. The minimum Gasteiger partial charge on any atom is -0.432 e. The van der Waals surface area contributed by atoms with Gasteiger partial charge in [-0.3, -0.25) is 0 Å². The van der Waals surface area contributed by atoms with Crippen molar-refractivity contribution >= 4 is 5.97 Å². The molecule has 0 N–H and O–H groups in total. The molecule has 0 aromatic heterocycles. The van der Waals surface area contributed by atoms with Crippen molar-refractivity contribution in [3.8, 4) is 0 Å². The molecule has 1 aromatic rings. The van der Waals surface area contributed by atoms with Crippen LogP contribution in [0, 0.1) is 5.92 Å². The maximum absolute atomic E-state index is 12.1. The Hall–Kier alpha value is -1.39. The van der Waals surface area contributed by atoms with Crippen LogP contribution in [0.5, 0.6) is 0 Å². The fraction of sp³-hybridized carbons (Fsp3) is 0.562. The van der Waals surface area contributed by atoms with E-state index in [4.69, 9.17) is 14.2 Å². The van der Waals surface area contributed by atoms with Crippen LogP contribution in [0.1, 0.15) is 37.0 Å². The Morgan fingerprint density at radius 2 is 2.05 bits per heavy atom. The lowest BCUT2D eigenvalue weighted by molar-refractivity contribution is -0.185. The Balaban J connectivity index is 1.93. The van der Waals surface area contributed by atoms with Gasteiger partial charge < -0.3 is 14.2 Å². The molecule has 1 aliphatic heterocycles. The number of carbonyl (C=O) groups is 1. The molecule has 110 valence electrons. The quantitative estimate of drug-likeness (QED) is 0.613. The Kier molecular flexibility index (Phi) is 5.56. The second-order valence-electron chi connectivity index (χ2n) is 5.36. The molecule has 0 aliphatic carbocycles. The van der Waals surface area contributed by atoms with Crippen molar-refractivity contribution in [3.05, 3.63) is 35.9 Å². The molecular formula is C16H22O4. The van der Waals surface area contributed by atoms with Gasteiger partial charge in [0.2, 0.25) is 6.29 Å². The van der Waals surface area contributed by atoms with Crippen molar-refractivity contribution in [3.63, 3.8) is 0 Å². The van der Waals surface area contributed by atoms with Crippen molar-refractivity contribution in [1.29, 1.82) is 0 Å². The zero-order valence-electron chi connectivity index (χ0n) is 12.1. The normalized spacial score (nSPS) is 20.6. The molecule has 2 unspecified atom stereocenters. The van der Waals surface area contributed by atoms with Gasteiger partial charge in [-0.25, -0.2) is 4.79 Å². The van der Waals surface area contributed by atoms with E-state index in [0.717, 1.165) is 19.4 Å². The lowest BCUT2D eigenvalue weighted by Gasteiger charge is -2.29. The van der Waals surface area contributed by atoms with Gasteiger partial charge in [-0.2, -0.15) is 0 Å². The van der Waals surface area contributed by atoms with Gasteiger partial charge in [0.25, 0.3) is 0 Å². The third-order valence-corrected chi connectivity index (χ3v) is 3.22. The summed E-state index contributed by atoms with van der Waals surface area (Å²) in [6, 6.07) is 8.98. The molecule has 2 rings (SSSR count). The average molecular weight is 278 g/mol. The van der Waals surface area contributed by atoms with Gasteiger partial charge in [-0.05, 0) is 25.0 Å². The molecule has 1 aromatic carbocycles. The van der Waals surface area contributed by atoms with Crippen LogP contribution in [0.4, 0.5) is 0 Å². The van der Waals surface area contributed by atoms with E-state index >= 15 is 0 Å². The van der Waals surface area contributed by atoms with Crippen LogP contribution < -0.4 is 0 Å². The van der Waals surface area contributed by atoms with E-state index in [-0.39, 0.29) is 18.0 Å². The lowest BCUT2D eigenvalue weighted by Crippen LogP contribution is -2.35. The Morgan fingerprint density at radius 3 is 2.65 bits per heavy atom. The molecule has 0 radical (unpaired) electrons. The fourth-order valence-corrected chi connectivity index (χ4v) is 2.08. The molecule has 0 spiro atoms. The average Bonchev–Trinajstić information content (AvgIpc) is 2.48. The summed E-state index contributed by atoms with van der Waals surface area (Å²) in [5.41, 5.74) is 0.543. The highest BCUT2D eigenvalue weighted by Gasteiger charge is 2.25. The van der Waals surface area contributed by atoms with Gasteiger partial charge in [-0.1, -0.05) is 32.0 Å². The first kappa shape index (κ1) is 15.0. The molecule has 20 heavy (non-hydrogen) atoms. The summed E-state index contributed by atoms with van der Waals surface area (Å²) in [6.45, 7) is 5.32. The maximum Gasteiger partial charge on any atom is 0.340 e. The van der Waals surface area contributed by atoms with Gasteiger partial charge >= 0.3 is 5.97 Å². The number of benzene rings is 1. The Labute approximate surface area is 120 Å². The van der Waals surface area contributed by atoms with Gasteiger partial charge in [0, 0.05) is 12.5 Å². The van der Waals surface area contributed by atoms with E-state index in [2.05, 4.69) is 0 Å². The first-order valence-electron chi connectivity index (χ1n) is 7.16. The Bertz CT molecular complexity index is 410. The predicted octanol–water partition coefficient (Wildman–Crippen LogP) is 3.02. The molecule has 4 nitrogen and oxygen atoms in total. The van der Waals surface area contributed by atoms with E-state index in [0.29, 0.717) is 12.2 Å². The highest BCUT2D eigenvalue weighted by molar-refractivity contribution is 5.89. The summed E-state index contributed by atoms with van der Waals surface area (Å²) in [7, 11) is 0. The molecule has 2 atom stereocenters. The minimum absolute atomic E-state index is 0.0136. The number of esters is 1. The molecular weight excluding hydrogens is 256 g/mol. The highest BCUT2D eigenvalue weighted by atomic mass is 16.7. The highest BCUT2D eigenvalue weighted by Crippen LogP contribution is 2.18. The third kappa shape index (κ3) is 4.32. The van der Waals surface area contributed by atoms with Crippen LogP contribution in [-0.2, 0) is 14.2 Å². The summed E-state index contributed by atoms with van der Waals surface area (Å²) in [4.78, 5) is 12.1. The van der Waals surface area contributed by atoms with E-state index in [9.17, 15) is 4.79 Å². The SMILES string of the molecule is CC(C)C(OC(=O)c1ccccc1)OC1CCCOC1. The topological polar surface area (TPSA) is 44.8 Å². The van der Waals surface area contributed by atoms with Crippen molar-refractivity contribution in [2.45, 2.75) is 39.1 Å². The molecule has 1 aliphatic rings. The fourth-order valence-electron chi connectivity index (χ4n) is 2.08. The van der Waals surface area contributed by atoms with Crippen LogP contribution in [-0.4, -0.2) is 31.6 Å². The third-order valence-electron chi connectivity index (χ3n) is 3.22. The second-order valence-corrected chi connectivity index (χ2v) is 5.36. The van der Waals surface area contributed by atoms with Crippen molar-refractivity contribution in [2.75, 3.05) is 13.2 Å². The number of ether oxygens (including phenoxy) is 3. The molecule has 0 bridgehead atoms. The number of rotatable bonds is 5. The largest absolute Gasteiger partial charge is 0.432 e. The standard InChI is InChI=1S/C16H22O4/c1-12(2)16(19-14-9-6-10-18-11-14)20-15(17)13-7-4-3-5-8-13/h3-5,7-8,12,14,16H,6,9-11H2,1-2H3. The molecule has 4 heteroatoms. The number of hydrogen-bond donors (Lipinski definition) is 0. The lowest BCUT2D eigenvalue weighted by atomic mass is 10.1. The maximum atomic E-state index is 12.1. The molecule has 1 fully saturated rings. The zero-order chi connectivity index (χ0) is 14.4. The second kappa shape index (κ2) is 7.41. The summed E-state index contributed by atoms with van der Waals surface area (Å²) in [6.07, 6.45) is 1.42. The van der Waals surface area contributed by atoms with Crippen LogP contribution in [0.2, 0.25) is 0 Å². The summed E-state index contributed by atoms with van der Waals surface area (Å²) in [5.74, 6) is -0.245. The van der Waals surface area contributed by atoms with E-state index in [1.54, 1.807) is 12.1 Å². The number of carbonyl (C=O) groups excluding carboxylic acids is 1.